The Bertz CT molecular complexity index is 540. The molecule has 0 bridgehead atoms. The molecule has 1 aliphatic rings. The second-order valence-corrected chi connectivity index (χ2v) is 6.71. The average molecular weight is 299 g/mol. The summed E-state index contributed by atoms with van der Waals surface area (Å²) < 4.78 is 32.3. The van der Waals surface area contributed by atoms with Crippen molar-refractivity contribution in [2.24, 2.45) is 5.92 Å². The van der Waals surface area contributed by atoms with Crippen LogP contribution in [0.4, 0.5) is 0 Å². The number of hydrogen-bond donors (Lipinski definition) is 2. The SMILES string of the molecule is CCOc1ccccc1S(=O)(=O)NCC[C@@H](O)C1CC1. The molecular weight excluding hydrogens is 278 g/mol. The van der Waals surface area contributed by atoms with E-state index in [2.05, 4.69) is 4.72 Å². The molecule has 0 heterocycles. The monoisotopic (exact) mass is 299 g/mol. The van der Waals surface area contributed by atoms with E-state index >= 15 is 0 Å². The van der Waals surface area contributed by atoms with E-state index in [1.807, 2.05) is 6.92 Å². The first-order valence-electron chi connectivity index (χ1n) is 6.94. The van der Waals surface area contributed by atoms with Crippen molar-refractivity contribution in [3.63, 3.8) is 0 Å². The number of aliphatic hydroxyl groups is 1. The van der Waals surface area contributed by atoms with Gasteiger partial charge < -0.3 is 9.84 Å². The molecule has 0 aliphatic heterocycles. The van der Waals surface area contributed by atoms with Crippen LogP contribution in [0.1, 0.15) is 26.2 Å². The predicted molar refractivity (Wildman–Crippen MR) is 76.1 cm³/mol. The molecule has 0 radical (unpaired) electrons. The maximum atomic E-state index is 12.2. The molecule has 20 heavy (non-hydrogen) atoms. The molecule has 1 fully saturated rings. The summed E-state index contributed by atoms with van der Waals surface area (Å²) in [7, 11) is -3.60. The Kier molecular flexibility index (Phi) is 5.01. The van der Waals surface area contributed by atoms with Gasteiger partial charge in [0, 0.05) is 6.54 Å². The fourth-order valence-corrected chi connectivity index (χ4v) is 3.27. The molecular formula is C14H21NO4S. The van der Waals surface area contributed by atoms with Gasteiger partial charge >= 0.3 is 0 Å². The first-order chi connectivity index (χ1) is 9.54. The molecule has 1 atom stereocenters. The molecule has 0 amide bonds. The lowest BCUT2D eigenvalue weighted by molar-refractivity contribution is 0.143. The van der Waals surface area contributed by atoms with E-state index in [9.17, 15) is 13.5 Å². The zero-order valence-electron chi connectivity index (χ0n) is 11.6. The lowest BCUT2D eigenvalue weighted by atomic mass is 10.2. The fraction of sp³-hybridized carbons (Fsp3) is 0.571. The number of rotatable bonds is 8. The lowest BCUT2D eigenvalue weighted by Crippen LogP contribution is -2.28. The van der Waals surface area contributed by atoms with Crippen molar-refractivity contribution in [2.45, 2.75) is 37.2 Å². The summed E-state index contributed by atoms with van der Waals surface area (Å²) in [5, 5.41) is 9.74. The lowest BCUT2D eigenvalue weighted by Gasteiger charge is -2.13. The van der Waals surface area contributed by atoms with E-state index in [1.165, 1.54) is 6.07 Å². The normalized spacial score (nSPS) is 16.9. The minimum atomic E-state index is -3.60. The Morgan fingerprint density at radius 2 is 2.10 bits per heavy atom. The topological polar surface area (TPSA) is 75.6 Å². The highest BCUT2D eigenvalue weighted by Crippen LogP contribution is 2.33. The second kappa shape index (κ2) is 6.56. The van der Waals surface area contributed by atoms with E-state index in [0.29, 0.717) is 24.7 Å². The predicted octanol–water partition coefficient (Wildman–Crippen LogP) is 1.52. The standard InChI is InChI=1S/C14H21NO4S/c1-2-19-13-5-3-4-6-14(13)20(17,18)15-10-9-12(16)11-7-8-11/h3-6,11-12,15-16H,2,7-10H2,1H3/t12-/m1/s1. The summed E-state index contributed by atoms with van der Waals surface area (Å²) in [4.78, 5) is 0.141. The summed E-state index contributed by atoms with van der Waals surface area (Å²) >= 11 is 0. The Morgan fingerprint density at radius 3 is 2.75 bits per heavy atom. The molecule has 6 heteroatoms. The molecule has 1 saturated carbocycles. The molecule has 0 unspecified atom stereocenters. The highest BCUT2D eigenvalue weighted by molar-refractivity contribution is 7.89. The van der Waals surface area contributed by atoms with Crippen molar-refractivity contribution in [3.05, 3.63) is 24.3 Å². The maximum Gasteiger partial charge on any atom is 0.244 e. The van der Waals surface area contributed by atoms with Crippen molar-refractivity contribution in [2.75, 3.05) is 13.2 Å². The molecule has 0 aromatic heterocycles. The molecule has 112 valence electrons. The first kappa shape index (κ1) is 15.3. The minimum Gasteiger partial charge on any atom is -0.492 e. The van der Waals surface area contributed by atoms with Gasteiger partial charge in [-0.15, -0.1) is 0 Å². The van der Waals surface area contributed by atoms with Crippen LogP contribution in [0.3, 0.4) is 0 Å². The highest BCUT2D eigenvalue weighted by Gasteiger charge is 2.29. The van der Waals surface area contributed by atoms with Crippen LogP contribution in [0.15, 0.2) is 29.2 Å². The van der Waals surface area contributed by atoms with E-state index in [4.69, 9.17) is 4.74 Å². The first-order valence-corrected chi connectivity index (χ1v) is 8.42. The van der Waals surface area contributed by atoms with Crippen LogP contribution in [0.2, 0.25) is 0 Å². The van der Waals surface area contributed by atoms with Gasteiger partial charge in [0.15, 0.2) is 0 Å². The zero-order chi connectivity index (χ0) is 14.6. The molecule has 1 aliphatic carbocycles. The summed E-state index contributed by atoms with van der Waals surface area (Å²) in [6.07, 6.45) is 2.13. The summed E-state index contributed by atoms with van der Waals surface area (Å²) in [5.41, 5.74) is 0. The van der Waals surface area contributed by atoms with Crippen LogP contribution in [0, 0.1) is 5.92 Å². The third kappa shape index (κ3) is 3.94. The summed E-state index contributed by atoms with van der Waals surface area (Å²) in [5.74, 6) is 0.709. The molecule has 2 N–H and O–H groups in total. The van der Waals surface area contributed by atoms with Crippen molar-refractivity contribution in [3.8, 4) is 5.75 Å². The van der Waals surface area contributed by atoms with Gasteiger partial charge in [0.05, 0.1) is 12.7 Å². The zero-order valence-corrected chi connectivity index (χ0v) is 12.4. The number of para-hydroxylation sites is 1. The van der Waals surface area contributed by atoms with Crippen LogP contribution in [0.25, 0.3) is 0 Å². The van der Waals surface area contributed by atoms with Crippen LogP contribution < -0.4 is 9.46 Å². The van der Waals surface area contributed by atoms with Crippen LogP contribution in [0.5, 0.6) is 5.75 Å². The van der Waals surface area contributed by atoms with Crippen LogP contribution >= 0.6 is 0 Å². The van der Waals surface area contributed by atoms with Crippen LogP contribution in [-0.2, 0) is 10.0 Å². The average Bonchev–Trinajstić information content (AvgIpc) is 3.23. The quantitative estimate of drug-likeness (QED) is 0.763. The van der Waals surface area contributed by atoms with Crippen molar-refractivity contribution < 1.29 is 18.3 Å². The van der Waals surface area contributed by atoms with Crippen LogP contribution in [-0.4, -0.2) is 32.8 Å². The number of hydrogen-bond acceptors (Lipinski definition) is 4. The van der Waals surface area contributed by atoms with E-state index in [1.54, 1.807) is 18.2 Å². The van der Waals surface area contributed by atoms with Gasteiger partial charge in [-0.3, -0.25) is 0 Å². The number of sulfonamides is 1. The van der Waals surface area contributed by atoms with E-state index < -0.39 is 16.1 Å². The van der Waals surface area contributed by atoms with Crippen molar-refractivity contribution >= 4 is 10.0 Å². The van der Waals surface area contributed by atoms with Gasteiger partial charge in [-0.05, 0) is 44.2 Å². The summed E-state index contributed by atoms with van der Waals surface area (Å²) in [6.45, 7) is 2.45. The van der Waals surface area contributed by atoms with Gasteiger partial charge in [-0.2, -0.15) is 0 Å². The molecule has 1 aromatic carbocycles. The van der Waals surface area contributed by atoms with E-state index in [-0.39, 0.29) is 11.4 Å². The number of nitrogens with one attached hydrogen (secondary N) is 1. The Morgan fingerprint density at radius 1 is 1.40 bits per heavy atom. The van der Waals surface area contributed by atoms with Gasteiger partial charge in [-0.25, -0.2) is 13.1 Å². The van der Waals surface area contributed by atoms with Crippen molar-refractivity contribution in [1.29, 1.82) is 0 Å². The molecule has 1 aromatic rings. The Hall–Kier alpha value is -1.11. The highest BCUT2D eigenvalue weighted by atomic mass is 32.2. The van der Waals surface area contributed by atoms with Gasteiger partial charge in [0.25, 0.3) is 0 Å². The minimum absolute atomic E-state index is 0.141. The number of ether oxygens (including phenoxy) is 1. The van der Waals surface area contributed by atoms with Gasteiger partial charge in [-0.1, -0.05) is 12.1 Å². The number of aliphatic hydroxyl groups excluding tert-OH is 1. The maximum absolute atomic E-state index is 12.2. The Balaban J connectivity index is 1.98. The number of benzene rings is 1. The fourth-order valence-electron chi connectivity index (χ4n) is 2.08. The third-order valence-corrected chi connectivity index (χ3v) is 4.84. The van der Waals surface area contributed by atoms with Gasteiger partial charge in [0.1, 0.15) is 10.6 Å². The Labute approximate surface area is 120 Å². The smallest absolute Gasteiger partial charge is 0.244 e. The van der Waals surface area contributed by atoms with Crippen molar-refractivity contribution in [1.82, 2.24) is 4.72 Å². The van der Waals surface area contributed by atoms with Gasteiger partial charge in [0.2, 0.25) is 10.0 Å². The molecule has 0 saturated heterocycles. The molecule has 2 rings (SSSR count). The molecule has 5 nitrogen and oxygen atoms in total. The molecule has 0 spiro atoms. The van der Waals surface area contributed by atoms with E-state index in [0.717, 1.165) is 12.8 Å². The third-order valence-electron chi connectivity index (χ3n) is 3.34. The summed E-state index contributed by atoms with van der Waals surface area (Å²) in [6, 6.07) is 6.55. The largest absolute Gasteiger partial charge is 0.492 e. The second-order valence-electron chi connectivity index (χ2n) is 4.97.